The molecule has 144 valence electrons. The van der Waals surface area contributed by atoms with Crippen LogP contribution in [0.1, 0.15) is 18.9 Å². The minimum absolute atomic E-state index is 0.0783. The van der Waals surface area contributed by atoms with Crippen LogP contribution >= 0.6 is 0 Å². The molecule has 0 saturated carbocycles. The molecule has 3 rings (SSSR count). The number of morpholine rings is 1. The van der Waals surface area contributed by atoms with Crippen molar-refractivity contribution in [1.29, 1.82) is 0 Å². The SMILES string of the molecule is CCNC(=NCc1cccnc1N1CCOCC1)NC1CCS(=O)(=O)C1. The zero-order valence-electron chi connectivity index (χ0n) is 15.1. The van der Waals surface area contributed by atoms with Crippen molar-refractivity contribution in [3.63, 3.8) is 0 Å². The molecule has 2 fully saturated rings. The van der Waals surface area contributed by atoms with Gasteiger partial charge in [-0.1, -0.05) is 6.07 Å². The van der Waals surface area contributed by atoms with Crippen LogP contribution < -0.4 is 15.5 Å². The van der Waals surface area contributed by atoms with E-state index >= 15 is 0 Å². The highest BCUT2D eigenvalue weighted by Gasteiger charge is 2.28. The first-order valence-corrected chi connectivity index (χ1v) is 10.9. The third-order valence-electron chi connectivity index (χ3n) is 4.50. The van der Waals surface area contributed by atoms with Crippen molar-refractivity contribution < 1.29 is 13.2 Å². The number of sulfone groups is 1. The van der Waals surface area contributed by atoms with Gasteiger partial charge in [0, 0.05) is 37.4 Å². The lowest BCUT2D eigenvalue weighted by molar-refractivity contribution is 0.122. The summed E-state index contributed by atoms with van der Waals surface area (Å²) in [5.74, 6) is 2.00. The van der Waals surface area contributed by atoms with Crippen LogP contribution in [0.4, 0.5) is 5.82 Å². The molecule has 0 amide bonds. The quantitative estimate of drug-likeness (QED) is 0.554. The number of hydrogen-bond acceptors (Lipinski definition) is 6. The molecule has 8 nitrogen and oxygen atoms in total. The second-order valence-corrected chi connectivity index (χ2v) is 8.75. The first-order chi connectivity index (χ1) is 12.6. The molecule has 0 spiro atoms. The highest BCUT2D eigenvalue weighted by molar-refractivity contribution is 7.91. The number of hydrogen-bond donors (Lipinski definition) is 2. The van der Waals surface area contributed by atoms with Crippen LogP contribution in [0.3, 0.4) is 0 Å². The number of aromatic nitrogens is 1. The third kappa shape index (κ3) is 5.07. The molecule has 0 bridgehead atoms. The summed E-state index contributed by atoms with van der Waals surface area (Å²) < 4.78 is 28.7. The zero-order chi connectivity index (χ0) is 18.4. The Hall–Kier alpha value is -1.87. The first-order valence-electron chi connectivity index (χ1n) is 9.09. The van der Waals surface area contributed by atoms with Gasteiger partial charge in [0.15, 0.2) is 15.8 Å². The topological polar surface area (TPSA) is 95.9 Å². The van der Waals surface area contributed by atoms with Gasteiger partial charge < -0.3 is 20.3 Å². The maximum atomic E-state index is 11.7. The zero-order valence-corrected chi connectivity index (χ0v) is 16.0. The van der Waals surface area contributed by atoms with Crippen molar-refractivity contribution >= 4 is 21.6 Å². The van der Waals surface area contributed by atoms with E-state index in [0.717, 1.165) is 24.5 Å². The first kappa shape index (κ1) is 18.9. The normalized spacial score (nSPS) is 23.0. The van der Waals surface area contributed by atoms with E-state index in [1.54, 1.807) is 6.20 Å². The van der Waals surface area contributed by atoms with Crippen LogP contribution in [0.2, 0.25) is 0 Å². The number of anilines is 1. The van der Waals surface area contributed by atoms with Gasteiger partial charge in [0.05, 0.1) is 31.3 Å². The maximum Gasteiger partial charge on any atom is 0.191 e. The Labute approximate surface area is 155 Å². The van der Waals surface area contributed by atoms with Gasteiger partial charge in [0.1, 0.15) is 5.82 Å². The van der Waals surface area contributed by atoms with E-state index in [9.17, 15) is 8.42 Å². The van der Waals surface area contributed by atoms with Gasteiger partial charge >= 0.3 is 0 Å². The van der Waals surface area contributed by atoms with Crippen molar-refractivity contribution in [2.24, 2.45) is 4.99 Å². The highest BCUT2D eigenvalue weighted by Crippen LogP contribution is 2.19. The fourth-order valence-corrected chi connectivity index (χ4v) is 4.87. The molecular weight excluding hydrogens is 354 g/mol. The van der Waals surface area contributed by atoms with Crippen LogP contribution in [-0.4, -0.2) is 69.8 Å². The number of guanidine groups is 1. The van der Waals surface area contributed by atoms with Crippen molar-refractivity contribution in [3.05, 3.63) is 23.9 Å². The van der Waals surface area contributed by atoms with E-state index in [1.165, 1.54) is 0 Å². The maximum absolute atomic E-state index is 11.7. The predicted molar refractivity (Wildman–Crippen MR) is 102 cm³/mol. The summed E-state index contributed by atoms with van der Waals surface area (Å²) in [5, 5.41) is 6.44. The largest absolute Gasteiger partial charge is 0.378 e. The molecule has 26 heavy (non-hydrogen) atoms. The standard InChI is InChI=1S/C17H27N5O3S/c1-2-18-17(21-15-5-11-26(23,24)13-15)20-12-14-4-3-6-19-16(14)22-7-9-25-10-8-22/h3-4,6,15H,2,5,7-13H2,1H3,(H2,18,20,21). The summed E-state index contributed by atoms with van der Waals surface area (Å²) >= 11 is 0. The van der Waals surface area contributed by atoms with Gasteiger partial charge in [-0.15, -0.1) is 0 Å². The van der Waals surface area contributed by atoms with Crippen LogP contribution in [0.25, 0.3) is 0 Å². The minimum atomic E-state index is -2.92. The molecule has 1 atom stereocenters. The molecule has 0 aliphatic carbocycles. The average Bonchev–Trinajstić information content (AvgIpc) is 2.99. The van der Waals surface area contributed by atoms with E-state index < -0.39 is 9.84 Å². The molecule has 0 aromatic carbocycles. The number of aliphatic imine (C=N–C) groups is 1. The predicted octanol–water partition coefficient (Wildman–Crippen LogP) is 0.160. The van der Waals surface area contributed by atoms with E-state index in [0.29, 0.717) is 38.7 Å². The molecular formula is C17H27N5O3S. The van der Waals surface area contributed by atoms with Gasteiger partial charge in [-0.3, -0.25) is 0 Å². The van der Waals surface area contributed by atoms with Crippen LogP contribution in [0.15, 0.2) is 23.3 Å². The average molecular weight is 382 g/mol. The van der Waals surface area contributed by atoms with Crippen LogP contribution in [0, 0.1) is 0 Å². The number of nitrogens with one attached hydrogen (secondary N) is 2. The lowest BCUT2D eigenvalue weighted by atomic mass is 10.2. The second kappa shape index (κ2) is 8.68. The smallest absolute Gasteiger partial charge is 0.191 e. The van der Waals surface area contributed by atoms with E-state index in [4.69, 9.17) is 4.74 Å². The minimum Gasteiger partial charge on any atom is -0.378 e. The Balaban J connectivity index is 1.69. The lowest BCUT2D eigenvalue weighted by Gasteiger charge is -2.29. The molecule has 0 radical (unpaired) electrons. The molecule has 2 aliphatic heterocycles. The van der Waals surface area contributed by atoms with E-state index in [1.807, 2.05) is 19.1 Å². The molecule has 2 aliphatic rings. The summed E-state index contributed by atoms with van der Waals surface area (Å²) in [4.78, 5) is 11.4. The third-order valence-corrected chi connectivity index (χ3v) is 6.27. The summed E-state index contributed by atoms with van der Waals surface area (Å²) in [6.07, 6.45) is 2.42. The number of nitrogens with zero attached hydrogens (tertiary/aromatic N) is 3. The number of ether oxygens (including phenoxy) is 1. The molecule has 3 heterocycles. The molecule has 2 saturated heterocycles. The molecule has 1 aromatic rings. The van der Waals surface area contributed by atoms with Crippen molar-refractivity contribution in [2.45, 2.75) is 25.9 Å². The Kier molecular flexibility index (Phi) is 6.31. The monoisotopic (exact) mass is 381 g/mol. The van der Waals surface area contributed by atoms with Gasteiger partial charge in [-0.25, -0.2) is 18.4 Å². The Morgan fingerprint density at radius 3 is 2.92 bits per heavy atom. The number of rotatable bonds is 5. The molecule has 1 unspecified atom stereocenters. The summed E-state index contributed by atoms with van der Waals surface area (Å²) in [6, 6.07) is 3.87. The summed E-state index contributed by atoms with van der Waals surface area (Å²) in [7, 11) is -2.92. The van der Waals surface area contributed by atoms with Crippen molar-refractivity contribution in [3.8, 4) is 0 Å². The summed E-state index contributed by atoms with van der Waals surface area (Å²) in [5.41, 5.74) is 1.05. The van der Waals surface area contributed by atoms with Crippen molar-refractivity contribution in [2.75, 3.05) is 49.3 Å². The second-order valence-electron chi connectivity index (χ2n) is 6.53. The van der Waals surface area contributed by atoms with Crippen LogP contribution in [0.5, 0.6) is 0 Å². The van der Waals surface area contributed by atoms with Gasteiger partial charge in [-0.2, -0.15) is 0 Å². The van der Waals surface area contributed by atoms with Gasteiger partial charge in [0.2, 0.25) is 0 Å². The fourth-order valence-electron chi connectivity index (χ4n) is 3.20. The summed E-state index contributed by atoms with van der Waals surface area (Å²) in [6.45, 7) is 6.26. The Morgan fingerprint density at radius 1 is 1.42 bits per heavy atom. The van der Waals surface area contributed by atoms with Gasteiger partial charge in [0.25, 0.3) is 0 Å². The van der Waals surface area contributed by atoms with E-state index in [2.05, 4.69) is 25.5 Å². The van der Waals surface area contributed by atoms with Crippen molar-refractivity contribution in [1.82, 2.24) is 15.6 Å². The van der Waals surface area contributed by atoms with Crippen LogP contribution in [-0.2, 0) is 21.1 Å². The fraction of sp³-hybridized carbons (Fsp3) is 0.647. The Morgan fingerprint density at radius 2 is 2.23 bits per heavy atom. The molecule has 9 heteroatoms. The van der Waals surface area contributed by atoms with Gasteiger partial charge in [-0.05, 0) is 19.4 Å². The van der Waals surface area contributed by atoms with E-state index in [-0.39, 0.29) is 17.5 Å². The highest BCUT2D eigenvalue weighted by atomic mass is 32.2. The lowest BCUT2D eigenvalue weighted by Crippen LogP contribution is -2.44. The number of pyridine rings is 1. The Bertz CT molecular complexity index is 732. The molecule has 2 N–H and O–H groups in total. The molecule has 1 aromatic heterocycles.